The number of aromatic carboxylic acids is 1. The fourth-order valence-corrected chi connectivity index (χ4v) is 3.39. The number of aromatic nitrogens is 3. The van der Waals surface area contributed by atoms with Crippen molar-refractivity contribution in [1.29, 1.82) is 0 Å². The summed E-state index contributed by atoms with van der Waals surface area (Å²) in [6.45, 7) is 2.39. The van der Waals surface area contributed by atoms with Crippen molar-refractivity contribution in [2.24, 2.45) is 0 Å². The third kappa shape index (κ3) is 3.55. The van der Waals surface area contributed by atoms with Gasteiger partial charge in [0, 0.05) is 16.1 Å². The lowest BCUT2D eigenvalue weighted by Gasteiger charge is -2.11. The fourth-order valence-electron chi connectivity index (χ4n) is 3.27. The molecule has 0 amide bonds. The van der Waals surface area contributed by atoms with Gasteiger partial charge in [0.2, 0.25) is 0 Å². The Balaban J connectivity index is 1.88. The van der Waals surface area contributed by atoms with E-state index in [0.29, 0.717) is 51.1 Å². The van der Waals surface area contributed by atoms with Crippen LogP contribution in [0.4, 0.5) is 0 Å². The van der Waals surface area contributed by atoms with Crippen LogP contribution in [0.2, 0.25) is 5.02 Å². The van der Waals surface area contributed by atoms with Crippen LogP contribution in [0.1, 0.15) is 17.3 Å². The van der Waals surface area contributed by atoms with Crippen molar-refractivity contribution in [3.05, 3.63) is 59.1 Å². The number of aromatic amines is 1. The normalized spacial score (nSPS) is 10.9. The zero-order chi connectivity index (χ0) is 21.3. The molecule has 2 heterocycles. The Kier molecular flexibility index (Phi) is 5.29. The molecule has 2 aromatic carbocycles. The SMILES string of the molecule is CCOc1ccc(-c2cc(C(=O)O)c3c(-c4ccc(Cl)cc4)[nH]nc3n2)cc1OC. The van der Waals surface area contributed by atoms with Gasteiger partial charge in [-0.05, 0) is 43.3 Å². The lowest BCUT2D eigenvalue weighted by atomic mass is 10.0. The molecule has 4 rings (SSSR count). The van der Waals surface area contributed by atoms with E-state index in [2.05, 4.69) is 15.2 Å². The molecule has 0 saturated heterocycles. The fraction of sp³-hybridized carbons (Fsp3) is 0.136. The molecule has 2 aromatic heterocycles. The first-order valence-corrected chi connectivity index (χ1v) is 9.59. The summed E-state index contributed by atoms with van der Waals surface area (Å²) in [7, 11) is 1.55. The second-order valence-electron chi connectivity index (χ2n) is 6.46. The molecule has 7 nitrogen and oxygen atoms in total. The number of H-pyrrole nitrogens is 1. The number of fused-ring (bicyclic) bond motifs is 1. The Morgan fingerprint density at radius 1 is 1.10 bits per heavy atom. The van der Waals surface area contributed by atoms with Crippen LogP contribution in [-0.2, 0) is 0 Å². The molecule has 4 aromatic rings. The summed E-state index contributed by atoms with van der Waals surface area (Å²) in [5, 5.41) is 18.0. The van der Waals surface area contributed by atoms with E-state index in [1.165, 1.54) is 6.07 Å². The molecule has 0 aliphatic carbocycles. The summed E-state index contributed by atoms with van der Waals surface area (Å²) < 4.78 is 10.9. The molecule has 8 heteroatoms. The Labute approximate surface area is 177 Å². The highest BCUT2D eigenvalue weighted by molar-refractivity contribution is 6.30. The molecule has 0 atom stereocenters. The van der Waals surface area contributed by atoms with E-state index < -0.39 is 5.97 Å². The van der Waals surface area contributed by atoms with Gasteiger partial charge in [0.05, 0.1) is 36.1 Å². The molecule has 30 heavy (non-hydrogen) atoms. The Bertz CT molecular complexity index is 1240. The highest BCUT2D eigenvalue weighted by atomic mass is 35.5. The molecule has 0 saturated carbocycles. The zero-order valence-electron chi connectivity index (χ0n) is 16.3. The number of carboxylic acid groups (broad SMARTS) is 1. The maximum atomic E-state index is 12.1. The van der Waals surface area contributed by atoms with Crippen molar-refractivity contribution in [3.63, 3.8) is 0 Å². The number of benzene rings is 2. The van der Waals surface area contributed by atoms with Gasteiger partial charge in [-0.15, -0.1) is 0 Å². The average Bonchev–Trinajstić information content (AvgIpc) is 3.18. The monoisotopic (exact) mass is 423 g/mol. The van der Waals surface area contributed by atoms with Crippen LogP contribution < -0.4 is 9.47 Å². The number of nitrogens with zero attached hydrogens (tertiary/aromatic N) is 2. The average molecular weight is 424 g/mol. The Morgan fingerprint density at radius 2 is 1.83 bits per heavy atom. The molecule has 0 spiro atoms. The van der Waals surface area contributed by atoms with Crippen LogP contribution in [0.5, 0.6) is 11.5 Å². The smallest absolute Gasteiger partial charge is 0.336 e. The molecular formula is C22H18ClN3O4. The lowest BCUT2D eigenvalue weighted by Crippen LogP contribution is -2.01. The summed E-state index contributed by atoms with van der Waals surface area (Å²) in [6, 6.07) is 13.9. The van der Waals surface area contributed by atoms with E-state index in [1.54, 1.807) is 49.6 Å². The van der Waals surface area contributed by atoms with Gasteiger partial charge in [-0.3, -0.25) is 5.10 Å². The number of carboxylic acids is 1. The van der Waals surface area contributed by atoms with Crippen LogP contribution in [0, 0.1) is 0 Å². The molecule has 0 aliphatic heterocycles. The molecule has 0 unspecified atom stereocenters. The summed E-state index contributed by atoms with van der Waals surface area (Å²) in [5.41, 5.74) is 2.90. The maximum absolute atomic E-state index is 12.1. The number of hydrogen-bond donors (Lipinski definition) is 2. The van der Waals surface area contributed by atoms with E-state index in [-0.39, 0.29) is 5.56 Å². The van der Waals surface area contributed by atoms with Crippen molar-refractivity contribution in [1.82, 2.24) is 15.2 Å². The Morgan fingerprint density at radius 3 is 2.50 bits per heavy atom. The number of ether oxygens (including phenoxy) is 2. The standard InChI is InChI=1S/C22H18ClN3O4/c1-3-30-17-9-6-13(10-18(17)29-2)16-11-15(22(27)28)19-20(25-26-21(19)24-16)12-4-7-14(23)8-5-12/h4-11H,3H2,1-2H3,(H,27,28)(H,24,25,26). The van der Waals surface area contributed by atoms with Crippen LogP contribution in [0.25, 0.3) is 33.5 Å². The van der Waals surface area contributed by atoms with Gasteiger partial charge in [0.1, 0.15) is 0 Å². The summed E-state index contributed by atoms with van der Waals surface area (Å²) >= 11 is 5.97. The van der Waals surface area contributed by atoms with Crippen LogP contribution in [-0.4, -0.2) is 40.0 Å². The topological polar surface area (TPSA) is 97.3 Å². The van der Waals surface area contributed by atoms with Gasteiger partial charge >= 0.3 is 5.97 Å². The van der Waals surface area contributed by atoms with Crippen molar-refractivity contribution in [2.75, 3.05) is 13.7 Å². The second kappa shape index (κ2) is 8.04. The van der Waals surface area contributed by atoms with Crippen molar-refractivity contribution >= 4 is 28.6 Å². The second-order valence-corrected chi connectivity index (χ2v) is 6.90. The molecule has 2 N–H and O–H groups in total. The van der Waals surface area contributed by atoms with Gasteiger partial charge in [-0.1, -0.05) is 23.7 Å². The number of carbonyl (C=O) groups is 1. The third-order valence-corrected chi connectivity index (χ3v) is 4.90. The lowest BCUT2D eigenvalue weighted by molar-refractivity contribution is 0.0699. The predicted octanol–water partition coefficient (Wildman–Crippen LogP) is 5.05. The predicted molar refractivity (Wildman–Crippen MR) is 114 cm³/mol. The summed E-state index contributed by atoms with van der Waals surface area (Å²) in [5.74, 6) is 0.0725. The summed E-state index contributed by atoms with van der Waals surface area (Å²) in [6.07, 6.45) is 0. The van der Waals surface area contributed by atoms with Crippen molar-refractivity contribution in [2.45, 2.75) is 6.92 Å². The number of rotatable bonds is 6. The van der Waals surface area contributed by atoms with E-state index in [4.69, 9.17) is 21.1 Å². The maximum Gasteiger partial charge on any atom is 0.336 e. The molecular weight excluding hydrogens is 406 g/mol. The van der Waals surface area contributed by atoms with Gasteiger partial charge < -0.3 is 14.6 Å². The molecule has 0 bridgehead atoms. The van der Waals surface area contributed by atoms with Crippen molar-refractivity contribution in [3.8, 4) is 34.0 Å². The molecule has 152 valence electrons. The number of pyridine rings is 1. The molecule has 0 fully saturated rings. The third-order valence-electron chi connectivity index (χ3n) is 4.65. The highest BCUT2D eigenvalue weighted by Crippen LogP contribution is 2.35. The van der Waals surface area contributed by atoms with E-state index >= 15 is 0 Å². The van der Waals surface area contributed by atoms with Gasteiger partial charge in [-0.25, -0.2) is 9.78 Å². The zero-order valence-corrected chi connectivity index (χ0v) is 17.0. The quantitative estimate of drug-likeness (QED) is 0.450. The highest BCUT2D eigenvalue weighted by Gasteiger charge is 2.20. The first-order valence-electron chi connectivity index (χ1n) is 9.21. The van der Waals surface area contributed by atoms with E-state index in [1.807, 2.05) is 6.92 Å². The van der Waals surface area contributed by atoms with Crippen LogP contribution >= 0.6 is 11.6 Å². The minimum Gasteiger partial charge on any atom is -0.493 e. The number of hydrogen-bond acceptors (Lipinski definition) is 5. The first-order chi connectivity index (χ1) is 14.5. The number of nitrogens with one attached hydrogen (secondary N) is 1. The number of halogens is 1. The molecule has 0 aliphatic rings. The first kappa shape index (κ1) is 19.7. The Hall–Kier alpha value is -3.58. The van der Waals surface area contributed by atoms with Crippen LogP contribution in [0.3, 0.4) is 0 Å². The largest absolute Gasteiger partial charge is 0.493 e. The summed E-state index contributed by atoms with van der Waals surface area (Å²) in [4.78, 5) is 16.6. The van der Waals surface area contributed by atoms with Crippen LogP contribution in [0.15, 0.2) is 48.5 Å². The molecule has 0 radical (unpaired) electrons. The minimum absolute atomic E-state index is 0.0987. The van der Waals surface area contributed by atoms with Gasteiger partial charge in [-0.2, -0.15) is 5.10 Å². The van der Waals surface area contributed by atoms with Gasteiger partial charge in [0.15, 0.2) is 17.1 Å². The van der Waals surface area contributed by atoms with E-state index in [9.17, 15) is 9.90 Å². The van der Waals surface area contributed by atoms with Crippen molar-refractivity contribution < 1.29 is 19.4 Å². The van der Waals surface area contributed by atoms with Gasteiger partial charge in [0.25, 0.3) is 0 Å². The minimum atomic E-state index is -1.07. The van der Waals surface area contributed by atoms with E-state index in [0.717, 1.165) is 5.56 Å². The number of methoxy groups -OCH3 is 1.